The molecule has 3 unspecified atom stereocenters. The number of carbonyl (C=O) groups excluding carboxylic acids is 5. The molecule has 16 heteroatoms. The van der Waals surface area contributed by atoms with Crippen molar-refractivity contribution in [1.29, 1.82) is 5.41 Å². The van der Waals surface area contributed by atoms with Crippen molar-refractivity contribution in [2.75, 3.05) is 19.0 Å². The summed E-state index contributed by atoms with van der Waals surface area (Å²) in [4.78, 5) is 78.0. The number of carboxylic acids is 1. The molecule has 0 spiro atoms. The number of piperidine rings is 1. The molecule has 266 valence electrons. The second-order valence-electron chi connectivity index (χ2n) is 12.9. The summed E-state index contributed by atoms with van der Waals surface area (Å²) in [5.74, 6) is -5.16. The van der Waals surface area contributed by atoms with Crippen molar-refractivity contribution in [2.45, 2.75) is 102 Å². The highest BCUT2D eigenvalue weighted by molar-refractivity contribution is 6.27. The van der Waals surface area contributed by atoms with Crippen molar-refractivity contribution < 1.29 is 33.9 Å². The number of alkyl halides is 1. The highest BCUT2D eigenvalue weighted by Crippen LogP contribution is 2.23. The Morgan fingerprint density at radius 3 is 2.21 bits per heavy atom. The van der Waals surface area contributed by atoms with Crippen molar-refractivity contribution in [3.63, 3.8) is 0 Å². The summed E-state index contributed by atoms with van der Waals surface area (Å²) in [6, 6.07) is 3.15. The second-order valence-corrected chi connectivity index (χ2v) is 13.2. The zero-order chi connectivity index (χ0) is 36.0. The van der Waals surface area contributed by atoms with E-state index in [-0.39, 0.29) is 50.1 Å². The predicted octanol–water partition coefficient (Wildman–Crippen LogP) is 0.214. The average Bonchev–Trinajstić information content (AvgIpc) is 3.02. The van der Waals surface area contributed by atoms with E-state index in [4.69, 9.17) is 28.5 Å². The van der Waals surface area contributed by atoms with Gasteiger partial charge in [0.2, 0.25) is 29.5 Å². The van der Waals surface area contributed by atoms with Crippen LogP contribution in [0.25, 0.3) is 0 Å². The number of amides is 5. The van der Waals surface area contributed by atoms with Crippen molar-refractivity contribution in [3.8, 4) is 0 Å². The predicted molar refractivity (Wildman–Crippen MR) is 180 cm³/mol. The van der Waals surface area contributed by atoms with Crippen LogP contribution < -0.4 is 32.7 Å². The van der Waals surface area contributed by atoms with Gasteiger partial charge in [0.1, 0.15) is 30.0 Å². The first-order valence-electron chi connectivity index (χ1n) is 16.0. The maximum Gasteiger partial charge on any atom is 0.303 e. The molecule has 1 heterocycles. The molecule has 1 fully saturated rings. The molecule has 0 bridgehead atoms. The topological polar surface area (TPSA) is 250 Å². The van der Waals surface area contributed by atoms with Gasteiger partial charge in [-0.25, -0.2) is 0 Å². The van der Waals surface area contributed by atoms with Crippen LogP contribution in [0.5, 0.6) is 0 Å². The Morgan fingerprint density at radius 2 is 1.65 bits per heavy atom. The van der Waals surface area contributed by atoms with Gasteiger partial charge in [-0.1, -0.05) is 45.0 Å². The van der Waals surface area contributed by atoms with Crippen LogP contribution in [0.15, 0.2) is 24.3 Å². The molecule has 0 radical (unpaired) electrons. The molecule has 1 aromatic rings. The van der Waals surface area contributed by atoms with E-state index >= 15 is 0 Å². The number of hydrogen-bond donors (Lipinski definition) is 8. The highest BCUT2D eigenvalue weighted by Gasteiger charge is 2.38. The van der Waals surface area contributed by atoms with Gasteiger partial charge in [0.25, 0.3) is 0 Å². The quantitative estimate of drug-likeness (QED) is 0.0480. The summed E-state index contributed by atoms with van der Waals surface area (Å²) in [5.41, 5.74) is 12.6. The lowest BCUT2D eigenvalue weighted by Gasteiger charge is -2.37. The van der Waals surface area contributed by atoms with Crippen molar-refractivity contribution in [3.05, 3.63) is 35.4 Å². The first kappa shape index (κ1) is 39.8. The fourth-order valence-corrected chi connectivity index (χ4v) is 5.44. The molecule has 0 aliphatic carbocycles. The van der Waals surface area contributed by atoms with Crippen LogP contribution >= 0.6 is 11.6 Å². The molecule has 1 saturated heterocycles. The molecule has 15 nitrogen and oxygen atoms in total. The van der Waals surface area contributed by atoms with Crippen molar-refractivity contribution >= 4 is 53.1 Å². The number of carboxylic acid groups (broad SMARTS) is 1. The smallest absolute Gasteiger partial charge is 0.303 e. The monoisotopic (exact) mass is 692 g/mol. The van der Waals surface area contributed by atoms with E-state index in [0.717, 1.165) is 11.1 Å². The number of rotatable bonds is 17. The number of likely N-dealkylation sites (tertiary alicyclic amines) is 1. The number of benzene rings is 1. The first-order chi connectivity index (χ1) is 22.5. The molecule has 5 amide bonds. The lowest BCUT2D eigenvalue weighted by atomic mass is 9.86. The van der Waals surface area contributed by atoms with Crippen LogP contribution in [0.3, 0.4) is 0 Å². The van der Waals surface area contributed by atoms with Gasteiger partial charge in [-0.2, -0.15) is 0 Å². The van der Waals surface area contributed by atoms with E-state index in [0.29, 0.717) is 19.3 Å². The number of halogens is 1. The molecule has 0 aromatic heterocycles. The summed E-state index contributed by atoms with van der Waals surface area (Å²) >= 11 is 5.62. The third kappa shape index (κ3) is 13.0. The Morgan fingerprint density at radius 1 is 0.979 bits per heavy atom. The number of primary amides is 1. The highest BCUT2D eigenvalue weighted by atomic mass is 35.5. The van der Waals surface area contributed by atoms with E-state index in [1.54, 1.807) is 0 Å². The minimum atomic E-state index is -1.21. The van der Waals surface area contributed by atoms with Crippen LogP contribution in [0.4, 0.5) is 0 Å². The average molecular weight is 693 g/mol. The normalized spacial score (nSPS) is 16.5. The lowest BCUT2D eigenvalue weighted by molar-refractivity contribution is -0.146. The molecule has 1 aliphatic rings. The Balaban J connectivity index is 2.34. The number of guanidine groups is 1. The van der Waals surface area contributed by atoms with E-state index < -0.39 is 72.0 Å². The van der Waals surface area contributed by atoms with E-state index in [1.165, 1.54) is 4.90 Å². The van der Waals surface area contributed by atoms with E-state index in [1.807, 2.05) is 24.3 Å². The second kappa shape index (κ2) is 18.8. The Hall–Kier alpha value is -4.40. The standard InChI is InChI=1S/C32H49ClN8O7/c1-32(2,3)20-11-9-19(10-12-20)17-23(28(46)39-21(27(34)45)7-6-15-37-31(35)36)40-29(47)24-8-4-5-16-41(24)30(48)22(13-14-26(43)44)38-25(42)18-33/h9-12,21-24H,4-8,13-18H2,1-3H3,(H2,34,45)(H,38,42)(H,39,46)(H,40,47)(H,43,44)(H4,35,36,37)/t21?,22?,23?,24-/m0/s1. The third-order valence-electron chi connectivity index (χ3n) is 8.03. The number of carbonyl (C=O) groups is 6. The van der Waals surface area contributed by atoms with Crippen LogP contribution in [-0.2, 0) is 40.6 Å². The molecule has 2 rings (SSSR count). The maximum absolute atomic E-state index is 13.8. The van der Waals surface area contributed by atoms with Gasteiger partial charge in [0.05, 0.1) is 0 Å². The molecule has 10 N–H and O–H groups in total. The van der Waals surface area contributed by atoms with Gasteiger partial charge in [-0.05, 0) is 55.1 Å². The zero-order valence-corrected chi connectivity index (χ0v) is 28.5. The number of nitrogens with zero attached hydrogens (tertiary/aromatic N) is 1. The molecular formula is C32H49ClN8O7. The summed E-state index contributed by atoms with van der Waals surface area (Å²) < 4.78 is 0. The van der Waals surface area contributed by atoms with Crippen LogP contribution in [-0.4, -0.2) is 94.6 Å². The van der Waals surface area contributed by atoms with Gasteiger partial charge in [0, 0.05) is 25.9 Å². The largest absolute Gasteiger partial charge is 0.481 e. The zero-order valence-electron chi connectivity index (χ0n) is 27.8. The Labute approximate surface area is 285 Å². The maximum atomic E-state index is 13.8. The fraction of sp³-hybridized carbons (Fsp3) is 0.594. The van der Waals surface area contributed by atoms with Crippen molar-refractivity contribution in [2.24, 2.45) is 11.5 Å². The third-order valence-corrected chi connectivity index (χ3v) is 8.27. The van der Waals surface area contributed by atoms with Crippen LogP contribution in [0, 0.1) is 5.41 Å². The Bertz CT molecular complexity index is 1320. The van der Waals surface area contributed by atoms with Crippen LogP contribution in [0.1, 0.15) is 76.8 Å². The van der Waals surface area contributed by atoms with Gasteiger partial charge in [0.15, 0.2) is 5.96 Å². The van der Waals surface area contributed by atoms with Crippen molar-refractivity contribution in [1.82, 2.24) is 26.2 Å². The minimum absolute atomic E-state index is 0.0626. The van der Waals surface area contributed by atoms with Gasteiger partial charge in [-0.15, -0.1) is 11.6 Å². The SMILES string of the molecule is CC(C)(C)c1ccc(CC(NC(=O)[C@@H]2CCCCN2C(=O)C(CCC(=O)O)NC(=O)CCl)C(=O)NC(CCCNC(=N)N)C(N)=O)cc1. The number of nitrogens with one attached hydrogen (secondary N) is 5. The summed E-state index contributed by atoms with van der Waals surface area (Å²) in [7, 11) is 0. The molecule has 1 aromatic carbocycles. The molecular weight excluding hydrogens is 644 g/mol. The first-order valence-corrected chi connectivity index (χ1v) is 16.5. The number of hydrogen-bond acceptors (Lipinski definition) is 7. The van der Waals surface area contributed by atoms with Gasteiger partial charge in [-0.3, -0.25) is 34.2 Å². The minimum Gasteiger partial charge on any atom is -0.481 e. The Kier molecular flexibility index (Phi) is 15.6. The lowest BCUT2D eigenvalue weighted by Crippen LogP contribution is -2.60. The van der Waals surface area contributed by atoms with E-state index in [9.17, 15) is 33.9 Å². The van der Waals surface area contributed by atoms with Gasteiger partial charge >= 0.3 is 5.97 Å². The summed E-state index contributed by atoms with van der Waals surface area (Å²) in [6.07, 6.45) is 1.44. The summed E-state index contributed by atoms with van der Waals surface area (Å²) in [6.45, 7) is 6.66. The number of nitrogens with two attached hydrogens (primary N) is 2. The van der Waals surface area contributed by atoms with E-state index in [2.05, 4.69) is 42.0 Å². The molecule has 48 heavy (non-hydrogen) atoms. The van der Waals surface area contributed by atoms with Crippen LogP contribution in [0.2, 0.25) is 0 Å². The molecule has 1 aliphatic heterocycles. The number of aliphatic carboxylic acids is 1. The van der Waals surface area contributed by atoms with Gasteiger partial charge < -0.3 is 42.7 Å². The molecule has 0 saturated carbocycles. The fourth-order valence-electron chi connectivity index (χ4n) is 5.37. The molecule has 4 atom stereocenters. The summed E-state index contributed by atoms with van der Waals surface area (Å²) in [5, 5.41) is 26.9.